The lowest BCUT2D eigenvalue weighted by atomic mass is 10.1. The lowest BCUT2D eigenvalue weighted by Crippen LogP contribution is -2.14. The molecular formula is C26H24FN5O3. The Morgan fingerprint density at radius 2 is 1.83 bits per heavy atom. The summed E-state index contributed by atoms with van der Waals surface area (Å²) >= 11 is 0. The number of anilines is 2. The molecule has 0 saturated heterocycles. The van der Waals surface area contributed by atoms with Crippen LogP contribution >= 0.6 is 0 Å². The largest absolute Gasteiger partial charge is 0.491 e. The monoisotopic (exact) mass is 473 g/mol. The second-order valence-electron chi connectivity index (χ2n) is 7.76. The van der Waals surface area contributed by atoms with Crippen molar-refractivity contribution >= 4 is 17.5 Å². The normalized spacial score (nSPS) is 10.7. The van der Waals surface area contributed by atoms with E-state index in [0.29, 0.717) is 28.6 Å². The number of pyridine rings is 1. The molecule has 2 N–H and O–H groups in total. The predicted octanol–water partition coefficient (Wildman–Crippen LogP) is 5.55. The smallest absolute Gasteiger partial charge is 0.258 e. The number of nitrogens with one attached hydrogen (secondary N) is 2. The molecule has 0 spiro atoms. The van der Waals surface area contributed by atoms with E-state index in [1.165, 1.54) is 18.2 Å². The summed E-state index contributed by atoms with van der Waals surface area (Å²) in [6, 6.07) is 16.1. The maximum atomic E-state index is 14.6. The van der Waals surface area contributed by atoms with Crippen molar-refractivity contribution in [2.45, 2.75) is 20.0 Å². The van der Waals surface area contributed by atoms with Crippen LogP contribution in [0.1, 0.15) is 24.2 Å². The van der Waals surface area contributed by atoms with Crippen molar-refractivity contribution < 1.29 is 18.7 Å². The van der Waals surface area contributed by atoms with Gasteiger partial charge in [0.2, 0.25) is 11.8 Å². The molecule has 0 atom stereocenters. The van der Waals surface area contributed by atoms with E-state index >= 15 is 0 Å². The van der Waals surface area contributed by atoms with Gasteiger partial charge in [-0.3, -0.25) is 4.79 Å². The van der Waals surface area contributed by atoms with Gasteiger partial charge >= 0.3 is 0 Å². The van der Waals surface area contributed by atoms with Gasteiger partial charge in [-0.05, 0) is 62.4 Å². The highest BCUT2D eigenvalue weighted by Gasteiger charge is 2.16. The van der Waals surface area contributed by atoms with Crippen LogP contribution in [0.5, 0.6) is 17.4 Å². The van der Waals surface area contributed by atoms with E-state index in [1.54, 1.807) is 61.9 Å². The molecule has 0 aliphatic heterocycles. The first-order valence-corrected chi connectivity index (χ1v) is 10.9. The molecule has 0 radical (unpaired) electrons. The predicted molar refractivity (Wildman–Crippen MR) is 131 cm³/mol. The summed E-state index contributed by atoms with van der Waals surface area (Å²) in [6.45, 7) is 3.81. The van der Waals surface area contributed by atoms with Crippen LogP contribution in [0.4, 0.5) is 16.0 Å². The topological polar surface area (TPSA) is 98.3 Å². The molecule has 178 valence electrons. The number of halogens is 1. The lowest BCUT2D eigenvalue weighted by molar-refractivity contribution is 0.102. The van der Waals surface area contributed by atoms with Crippen molar-refractivity contribution in [1.82, 2.24) is 15.0 Å². The van der Waals surface area contributed by atoms with Crippen molar-refractivity contribution in [1.29, 1.82) is 0 Å². The summed E-state index contributed by atoms with van der Waals surface area (Å²) in [5.41, 5.74) is 1.52. The summed E-state index contributed by atoms with van der Waals surface area (Å²) < 4.78 is 26.1. The van der Waals surface area contributed by atoms with Gasteiger partial charge in [0, 0.05) is 31.2 Å². The summed E-state index contributed by atoms with van der Waals surface area (Å²) in [6.07, 6.45) is 3.17. The third kappa shape index (κ3) is 5.89. The summed E-state index contributed by atoms with van der Waals surface area (Å²) in [7, 11) is 1.72. The van der Waals surface area contributed by atoms with Gasteiger partial charge in [0.15, 0.2) is 0 Å². The number of carbonyl (C=O) groups excluding carboxylic acids is 1. The van der Waals surface area contributed by atoms with E-state index in [1.807, 2.05) is 13.8 Å². The quantitative estimate of drug-likeness (QED) is 0.346. The fourth-order valence-electron chi connectivity index (χ4n) is 3.27. The molecule has 35 heavy (non-hydrogen) atoms. The lowest BCUT2D eigenvalue weighted by Gasteiger charge is -2.13. The number of nitrogens with zero attached hydrogens (tertiary/aromatic N) is 3. The van der Waals surface area contributed by atoms with Gasteiger partial charge in [0.05, 0.1) is 22.9 Å². The van der Waals surface area contributed by atoms with Crippen molar-refractivity contribution in [2.75, 3.05) is 17.7 Å². The van der Waals surface area contributed by atoms with Crippen molar-refractivity contribution in [2.24, 2.45) is 0 Å². The number of amides is 1. The molecule has 8 nitrogen and oxygen atoms in total. The Labute approximate surface area is 202 Å². The third-order valence-electron chi connectivity index (χ3n) is 4.79. The Bertz CT molecular complexity index is 1350. The van der Waals surface area contributed by atoms with Gasteiger partial charge in [0.1, 0.15) is 17.3 Å². The second-order valence-corrected chi connectivity index (χ2v) is 7.76. The molecule has 4 aromatic rings. The van der Waals surface area contributed by atoms with E-state index in [2.05, 4.69) is 25.6 Å². The van der Waals surface area contributed by atoms with Gasteiger partial charge in [-0.1, -0.05) is 6.07 Å². The summed E-state index contributed by atoms with van der Waals surface area (Å²) in [5, 5.41) is 5.59. The van der Waals surface area contributed by atoms with Gasteiger partial charge < -0.3 is 20.1 Å². The number of carbonyl (C=O) groups is 1. The zero-order valence-corrected chi connectivity index (χ0v) is 19.4. The van der Waals surface area contributed by atoms with Crippen LogP contribution in [-0.4, -0.2) is 34.0 Å². The van der Waals surface area contributed by atoms with Crippen molar-refractivity contribution in [3.63, 3.8) is 0 Å². The van der Waals surface area contributed by atoms with Crippen molar-refractivity contribution in [3.8, 4) is 28.6 Å². The third-order valence-corrected chi connectivity index (χ3v) is 4.79. The molecular weight excluding hydrogens is 449 g/mol. The maximum Gasteiger partial charge on any atom is 0.258 e. The van der Waals surface area contributed by atoms with E-state index in [-0.39, 0.29) is 23.3 Å². The zero-order valence-electron chi connectivity index (χ0n) is 19.4. The standard InChI is InChI=1S/C26H24FN5O3/c1-16(2)34-18-7-4-6-17(14-18)31-24(33)21-15-19(9-10-22(21)27)35-25-20(8-5-12-29-25)23-11-13-30-26(28-3)32-23/h4-16H,1-3H3,(H,31,33)(H,28,30,32). The SMILES string of the molecule is CNc1nccc(-c2cccnc2Oc2ccc(F)c(C(=O)Nc3cccc(OC(C)C)c3)c2)n1. The van der Waals surface area contributed by atoms with Gasteiger partial charge in [-0.25, -0.2) is 19.3 Å². The van der Waals surface area contributed by atoms with Crippen LogP contribution in [0, 0.1) is 5.82 Å². The summed E-state index contributed by atoms with van der Waals surface area (Å²) in [4.78, 5) is 25.7. The maximum absolute atomic E-state index is 14.6. The Kier molecular flexibility index (Phi) is 7.15. The molecule has 0 unspecified atom stereocenters. The van der Waals surface area contributed by atoms with E-state index in [0.717, 1.165) is 0 Å². The van der Waals surface area contributed by atoms with E-state index in [9.17, 15) is 9.18 Å². The van der Waals surface area contributed by atoms with Crippen LogP contribution in [-0.2, 0) is 0 Å². The van der Waals surface area contributed by atoms with Gasteiger partial charge in [-0.15, -0.1) is 0 Å². The Morgan fingerprint density at radius 3 is 2.63 bits per heavy atom. The number of rotatable bonds is 8. The summed E-state index contributed by atoms with van der Waals surface area (Å²) in [5.74, 6) is 0.247. The van der Waals surface area contributed by atoms with Crippen molar-refractivity contribution in [3.05, 3.63) is 84.4 Å². The minimum Gasteiger partial charge on any atom is -0.491 e. The Morgan fingerprint density at radius 1 is 0.971 bits per heavy atom. The highest BCUT2D eigenvalue weighted by atomic mass is 19.1. The highest BCUT2D eigenvalue weighted by Crippen LogP contribution is 2.31. The Balaban J connectivity index is 1.57. The number of aromatic nitrogens is 3. The number of ether oxygens (including phenoxy) is 2. The number of hydrogen-bond donors (Lipinski definition) is 2. The minimum absolute atomic E-state index is 0.0177. The molecule has 0 saturated carbocycles. The van der Waals surface area contributed by atoms with E-state index < -0.39 is 11.7 Å². The van der Waals surface area contributed by atoms with Crippen LogP contribution in [0.25, 0.3) is 11.3 Å². The van der Waals surface area contributed by atoms with Crippen LogP contribution < -0.4 is 20.1 Å². The first kappa shape index (κ1) is 23.6. The number of benzene rings is 2. The number of hydrogen-bond acceptors (Lipinski definition) is 7. The van der Waals surface area contributed by atoms with Gasteiger partial charge in [-0.2, -0.15) is 0 Å². The fourth-order valence-corrected chi connectivity index (χ4v) is 3.27. The molecule has 2 aromatic heterocycles. The molecule has 0 bridgehead atoms. The van der Waals surface area contributed by atoms with E-state index in [4.69, 9.17) is 9.47 Å². The molecule has 2 heterocycles. The van der Waals surface area contributed by atoms with Gasteiger partial charge in [0.25, 0.3) is 5.91 Å². The van der Waals surface area contributed by atoms with Crippen LogP contribution in [0.15, 0.2) is 73.1 Å². The molecule has 0 fully saturated rings. The Hall–Kier alpha value is -4.53. The molecule has 0 aliphatic carbocycles. The highest BCUT2D eigenvalue weighted by molar-refractivity contribution is 6.04. The van der Waals surface area contributed by atoms with Crippen LogP contribution in [0.3, 0.4) is 0 Å². The second kappa shape index (κ2) is 10.6. The average Bonchev–Trinajstić information content (AvgIpc) is 2.85. The molecule has 2 aromatic carbocycles. The molecule has 9 heteroatoms. The first-order chi connectivity index (χ1) is 16.9. The molecule has 1 amide bonds. The average molecular weight is 474 g/mol. The van der Waals surface area contributed by atoms with Crippen LogP contribution in [0.2, 0.25) is 0 Å². The first-order valence-electron chi connectivity index (χ1n) is 10.9. The molecule has 4 rings (SSSR count). The zero-order chi connectivity index (χ0) is 24.8. The molecule has 0 aliphatic rings. The minimum atomic E-state index is -0.680. The fraction of sp³-hybridized carbons (Fsp3) is 0.154.